The molecule has 4 saturated carbocycles. The van der Waals surface area contributed by atoms with Crippen molar-refractivity contribution in [3.05, 3.63) is 275 Å². The van der Waals surface area contributed by atoms with Crippen LogP contribution in [0.15, 0.2) is 231 Å². The van der Waals surface area contributed by atoms with Gasteiger partial charge in [0, 0.05) is 33.7 Å². The van der Waals surface area contributed by atoms with Crippen LogP contribution in [0.25, 0.3) is 44.5 Å². The lowest BCUT2D eigenvalue weighted by Gasteiger charge is -2.54. The van der Waals surface area contributed by atoms with Gasteiger partial charge in [0.15, 0.2) is 0 Å². The predicted molar refractivity (Wildman–Crippen MR) is 334 cm³/mol. The van der Waals surface area contributed by atoms with Gasteiger partial charge in [-0.1, -0.05) is 192 Å². The number of fused-ring (bicyclic) bond motifs is 13. The zero-order valence-corrected chi connectivity index (χ0v) is 46.8. The minimum Gasteiger partial charge on any atom is -0.310 e. The fourth-order valence-electron chi connectivity index (χ4n) is 17.2. The van der Waals surface area contributed by atoms with E-state index in [1.54, 1.807) is 5.56 Å². The summed E-state index contributed by atoms with van der Waals surface area (Å²) in [5.41, 5.74) is 27.3. The Bertz CT molecular complexity index is 4060. The zero-order valence-electron chi connectivity index (χ0n) is 46.8. The Morgan fingerprint density at radius 1 is 0.350 bits per heavy atom. The number of hydrogen-bond acceptors (Lipinski definition) is 2. The Balaban J connectivity index is 0.949. The monoisotopic (exact) mass is 1030 g/mol. The highest BCUT2D eigenvalue weighted by Gasteiger charge is 2.53. The van der Waals surface area contributed by atoms with Crippen LogP contribution in [0.4, 0.5) is 34.1 Å². The van der Waals surface area contributed by atoms with E-state index in [0.29, 0.717) is 5.92 Å². The lowest BCUT2D eigenvalue weighted by molar-refractivity contribution is -0.00277. The summed E-state index contributed by atoms with van der Waals surface area (Å²) in [4.78, 5) is 5.14. The first-order valence-corrected chi connectivity index (χ1v) is 29.7. The molecule has 10 aromatic rings. The van der Waals surface area contributed by atoms with Gasteiger partial charge < -0.3 is 9.80 Å². The molecule has 0 aromatic heterocycles. The van der Waals surface area contributed by atoms with Crippen LogP contribution in [0.5, 0.6) is 0 Å². The highest BCUT2D eigenvalue weighted by Crippen LogP contribution is 2.66. The number of rotatable bonds is 8. The SMILES string of the molecule is CC(C)(C)c1cc2c(cc1N(c1ccccc1)c1ccc3c(c1)-c1ccccc1C3(C)C)C1(c3ccccc3-c3cc(-c4ccccc4)c(N(c4ccccc4)c4ccc(C5C6CC7CC(C6)CC5C7)cc4)cc31)c1ccccc1-2. The van der Waals surface area contributed by atoms with E-state index in [9.17, 15) is 0 Å². The van der Waals surface area contributed by atoms with Gasteiger partial charge in [-0.3, -0.25) is 0 Å². The maximum atomic E-state index is 2.63. The quantitative estimate of drug-likeness (QED) is 0.150. The van der Waals surface area contributed by atoms with Crippen LogP contribution in [0.1, 0.15) is 117 Å². The van der Waals surface area contributed by atoms with Crippen molar-refractivity contribution in [2.45, 2.75) is 88.9 Å². The maximum Gasteiger partial charge on any atom is 0.0727 e. The Labute approximate surface area is 473 Å². The molecule has 1 spiro atoms. The largest absolute Gasteiger partial charge is 0.310 e. The number of nitrogens with zero attached hydrogens (tertiary/aromatic N) is 2. The van der Waals surface area contributed by atoms with Gasteiger partial charge in [-0.15, -0.1) is 0 Å². The van der Waals surface area contributed by atoms with E-state index in [1.807, 2.05) is 0 Å². The molecule has 7 aliphatic rings. The number of anilines is 6. The molecule has 10 aromatic carbocycles. The summed E-state index contributed by atoms with van der Waals surface area (Å²) in [6, 6.07) is 88.8. The minimum atomic E-state index is -0.637. The third-order valence-corrected chi connectivity index (χ3v) is 20.3. The molecule has 0 amide bonds. The van der Waals surface area contributed by atoms with Gasteiger partial charge in [-0.2, -0.15) is 0 Å². The van der Waals surface area contributed by atoms with Crippen LogP contribution in [0, 0.1) is 23.7 Å². The molecule has 0 radical (unpaired) electrons. The van der Waals surface area contributed by atoms with Crippen molar-refractivity contribution in [1.29, 1.82) is 0 Å². The van der Waals surface area contributed by atoms with Crippen molar-refractivity contribution < 1.29 is 0 Å². The molecule has 0 saturated heterocycles. The number of hydrogen-bond donors (Lipinski definition) is 0. The summed E-state index contributed by atoms with van der Waals surface area (Å²) in [7, 11) is 0. The van der Waals surface area contributed by atoms with Gasteiger partial charge in [0.2, 0.25) is 0 Å². The second-order valence-corrected chi connectivity index (χ2v) is 26.1. The van der Waals surface area contributed by atoms with Crippen LogP contribution in [-0.4, -0.2) is 0 Å². The van der Waals surface area contributed by atoms with Gasteiger partial charge in [-0.25, -0.2) is 0 Å². The van der Waals surface area contributed by atoms with E-state index in [0.717, 1.165) is 40.7 Å². The van der Waals surface area contributed by atoms with E-state index >= 15 is 0 Å². The second-order valence-electron chi connectivity index (χ2n) is 26.1. The van der Waals surface area contributed by atoms with Crippen LogP contribution >= 0.6 is 0 Å². The Morgan fingerprint density at radius 2 is 0.787 bits per heavy atom. The summed E-state index contributed by atoms with van der Waals surface area (Å²) in [5.74, 6) is 4.25. The smallest absolute Gasteiger partial charge is 0.0727 e. The van der Waals surface area contributed by atoms with Gasteiger partial charge in [0.1, 0.15) is 0 Å². The zero-order chi connectivity index (χ0) is 53.6. The first-order chi connectivity index (χ1) is 39.0. The van der Waals surface area contributed by atoms with E-state index < -0.39 is 5.41 Å². The van der Waals surface area contributed by atoms with Gasteiger partial charge >= 0.3 is 0 Å². The molecular weight excluding hydrogens is 965 g/mol. The fourth-order valence-corrected chi connectivity index (χ4v) is 17.2. The Morgan fingerprint density at radius 3 is 1.36 bits per heavy atom. The van der Waals surface area contributed by atoms with Crippen LogP contribution in [0.3, 0.4) is 0 Å². The molecule has 80 heavy (non-hydrogen) atoms. The van der Waals surface area contributed by atoms with E-state index in [4.69, 9.17) is 0 Å². The van der Waals surface area contributed by atoms with E-state index in [2.05, 4.69) is 275 Å². The standard InChI is InChI=1S/C78H68N2/c1-76(2,3)72-46-65-61-29-17-20-32-69(61)78(71(65)48-74(72)80(56-25-13-8-14-26-56)58-37-38-67-63(44-58)59-27-15-18-30-66(59)77(67,4)5)68-31-19-16-28-60(68)64-45-62(51-21-9-6-10-22-51)73(47-70(64)78)79(55-23-11-7-12-24-55)57-35-33-52(34-36-57)75-53-40-49-39-50(42-53)43-54(75)41-49/h6-38,44-50,53-54,75H,39-43H2,1-5H3. The van der Waals surface area contributed by atoms with E-state index in [-0.39, 0.29) is 10.8 Å². The average molecular weight is 1030 g/mol. The normalized spacial score (nSPS) is 21.8. The van der Waals surface area contributed by atoms with Crippen molar-refractivity contribution >= 4 is 34.1 Å². The number of benzene rings is 10. The van der Waals surface area contributed by atoms with Crippen molar-refractivity contribution in [2.75, 3.05) is 9.80 Å². The molecule has 4 bridgehead atoms. The first kappa shape index (κ1) is 47.8. The summed E-state index contributed by atoms with van der Waals surface area (Å²) >= 11 is 0. The molecule has 2 nitrogen and oxygen atoms in total. The van der Waals surface area contributed by atoms with Crippen molar-refractivity contribution in [2.24, 2.45) is 23.7 Å². The molecule has 17 rings (SSSR count). The first-order valence-electron chi connectivity index (χ1n) is 29.7. The van der Waals surface area contributed by atoms with Crippen LogP contribution < -0.4 is 9.80 Å². The molecule has 4 fully saturated rings. The third-order valence-electron chi connectivity index (χ3n) is 20.3. The highest BCUT2D eigenvalue weighted by atomic mass is 15.2. The van der Waals surface area contributed by atoms with E-state index in [1.165, 1.54) is 133 Å². The molecule has 0 aliphatic heterocycles. The Hall–Kier alpha value is -8.20. The fraction of sp³-hybridized carbons (Fsp3) is 0.231. The molecule has 0 heterocycles. The topological polar surface area (TPSA) is 6.48 Å². The minimum absolute atomic E-state index is 0.0965. The molecular formula is C78H68N2. The Kier molecular flexibility index (Phi) is 10.5. The summed E-state index contributed by atoms with van der Waals surface area (Å²) < 4.78 is 0. The van der Waals surface area contributed by atoms with Crippen LogP contribution in [-0.2, 0) is 16.2 Å². The molecule has 1 unspecified atom stereocenters. The summed E-state index contributed by atoms with van der Waals surface area (Å²) in [6.07, 6.45) is 7.17. The van der Waals surface area contributed by atoms with Gasteiger partial charge in [-0.05, 0) is 223 Å². The van der Waals surface area contributed by atoms with Gasteiger partial charge in [0.05, 0.1) is 16.8 Å². The van der Waals surface area contributed by atoms with Gasteiger partial charge in [0.25, 0.3) is 0 Å². The lowest BCUT2D eigenvalue weighted by Crippen LogP contribution is -2.43. The third kappa shape index (κ3) is 6.96. The van der Waals surface area contributed by atoms with Crippen LogP contribution in [0.2, 0.25) is 0 Å². The predicted octanol–water partition coefficient (Wildman–Crippen LogP) is 20.8. The molecule has 390 valence electrons. The van der Waals surface area contributed by atoms with Crippen molar-refractivity contribution in [1.82, 2.24) is 0 Å². The summed E-state index contributed by atoms with van der Waals surface area (Å²) in [5, 5.41) is 0. The second kappa shape index (κ2) is 17.6. The molecule has 1 atom stereocenters. The maximum absolute atomic E-state index is 2.63. The number of para-hydroxylation sites is 2. The lowest BCUT2D eigenvalue weighted by atomic mass is 9.51. The average Bonchev–Trinajstić information content (AvgIpc) is 3.04. The molecule has 2 heteroatoms. The van der Waals surface area contributed by atoms with Crippen molar-refractivity contribution in [3.8, 4) is 44.5 Å². The molecule has 7 aliphatic carbocycles. The molecule has 0 N–H and O–H groups in total. The summed E-state index contributed by atoms with van der Waals surface area (Å²) in [6.45, 7) is 11.9. The highest BCUT2D eigenvalue weighted by molar-refractivity contribution is 6.01. The van der Waals surface area contributed by atoms with Crippen molar-refractivity contribution in [3.63, 3.8) is 0 Å².